The average Bonchev–Trinajstić information content (AvgIpc) is 2.11. The van der Waals surface area contributed by atoms with Gasteiger partial charge in [-0.15, -0.1) is 0 Å². The van der Waals surface area contributed by atoms with Gasteiger partial charge in [0, 0.05) is 11.6 Å². The summed E-state index contributed by atoms with van der Waals surface area (Å²) >= 11 is 5.86. The van der Waals surface area contributed by atoms with E-state index in [0.717, 1.165) is 16.1 Å². The molecular weight excluding hydrogens is 186 g/mol. The van der Waals surface area contributed by atoms with Gasteiger partial charge >= 0.3 is 0 Å². The average molecular weight is 200 g/mol. The second kappa shape index (κ2) is 4.61. The number of aryl methyl sites for hydroxylation is 1. The van der Waals surface area contributed by atoms with Crippen LogP contribution in [0, 0.1) is 6.92 Å². The molecule has 0 heterocycles. The largest absolute Gasteiger partial charge is 0.391 e. The van der Waals surface area contributed by atoms with Crippen molar-refractivity contribution in [3.8, 4) is 0 Å². The quantitative estimate of drug-likeness (QED) is 0.776. The van der Waals surface area contributed by atoms with Gasteiger partial charge in [0.05, 0.1) is 6.10 Å². The molecule has 13 heavy (non-hydrogen) atoms. The molecule has 3 N–H and O–H groups in total. The van der Waals surface area contributed by atoms with Crippen LogP contribution in [0.2, 0.25) is 5.02 Å². The van der Waals surface area contributed by atoms with Crippen LogP contribution in [-0.2, 0) is 6.42 Å². The van der Waals surface area contributed by atoms with Crippen molar-refractivity contribution in [2.24, 2.45) is 5.73 Å². The Morgan fingerprint density at radius 1 is 1.54 bits per heavy atom. The molecule has 0 fully saturated rings. The number of rotatable bonds is 3. The molecule has 0 aromatic heterocycles. The SMILES string of the molecule is Cc1cc(CC(O)CN)ccc1Cl. The number of hydrogen-bond acceptors (Lipinski definition) is 2. The van der Waals surface area contributed by atoms with E-state index in [1.54, 1.807) is 0 Å². The Labute approximate surface area is 83.3 Å². The van der Waals surface area contributed by atoms with E-state index in [2.05, 4.69) is 0 Å². The van der Waals surface area contributed by atoms with Gasteiger partial charge in [-0.25, -0.2) is 0 Å². The molecule has 0 saturated heterocycles. The summed E-state index contributed by atoms with van der Waals surface area (Å²) in [4.78, 5) is 0. The Morgan fingerprint density at radius 2 is 2.23 bits per heavy atom. The van der Waals surface area contributed by atoms with Crippen molar-refractivity contribution in [1.82, 2.24) is 0 Å². The van der Waals surface area contributed by atoms with Crippen molar-refractivity contribution in [3.63, 3.8) is 0 Å². The first-order chi connectivity index (χ1) is 6.13. The molecule has 1 rings (SSSR count). The van der Waals surface area contributed by atoms with Crippen LogP contribution >= 0.6 is 11.6 Å². The molecule has 1 atom stereocenters. The lowest BCUT2D eigenvalue weighted by atomic mass is 10.1. The van der Waals surface area contributed by atoms with Gasteiger partial charge in [-0.2, -0.15) is 0 Å². The molecule has 0 amide bonds. The minimum atomic E-state index is -0.458. The third kappa shape index (κ3) is 2.99. The third-order valence-corrected chi connectivity index (χ3v) is 2.39. The van der Waals surface area contributed by atoms with E-state index in [1.165, 1.54) is 0 Å². The van der Waals surface area contributed by atoms with Crippen molar-refractivity contribution in [3.05, 3.63) is 34.3 Å². The lowest BCUT2D eigenvalue weighted by Crippen LogP contribution is -2.21. The summed E-state index contributed by atoms with van der Waals surface area (Å²) in [5.41, 5.74) is 7.41. The van der Waals surface area contributed by atoms with Crippen LogP contribution in [0.15, 0.2) is 18.2 Å². The van der Waals surface area contributed by atoms with E-state index < -0.39 is 6.10 Å². The van der Waals surface area contributed by atoms with E-state index in [1.807, 2.05) is 25.1 Å². The highest BCUT2D eigenvalue weighted by Gasteiger charge is 2.03. The minimum absolute atomic E-state index is 0.293. The van der Waals surface area contributed by atoms with E-state index in [0.29, 0.717) is 13.0 Å². The van der Waals surface area contributed by atoms with Gasteiger partial charge in [0.2, 0.25) is 0 Å². The summed E-state index contributed by atoms with van der Waals surface area (Å²) < 4.78 is 0. The third-order valence-electron chi connectivity index (χ3n) is 1.97. The van der Waals surface area contributed by atoms with Gasteiger partial charge in [0.25, 0.3) is 0 Å². The Morgan fingerprint density at radius 3 is 2.77 bits per heavy atom. The molecule has 1 unspecified atom stereocenters. The highest BCUT2D eigenvalue weighted by Crippen LogP contribution is 2.16. The van der Waals surface area contributed by atoms with Gasteiger partial charge in [0.15, 0.2) is 0 Å². The zero-order chi connectivity index (χ0) is 9.84. The minimum Gasteiger partial charge on any atom is -0.391 e. The molecule has 3 heteroatoms. The van der Waals surface area contributed by atoms with Crippen LogP contribution in [0.4, 0.5) is 0 Å². The first-order valence-corrected chi connectivity index (χ1v) is 4.64. The highest BCUT2D eigenvalue weighted by molar-refractivity contribution is 6.31. The van der Waals surface area contributed by atoms with E-state index >= 15 is 0 Å². The predicted molar refractivity (Wildman–Crippen MR) is 55.0 cm³/mol. The fourth-order valence-electron chi connectivity index (χ4n) is 1.19. The Kier molecular flexibility index (Phi) is 3.72. The number of nitrogens with two attached hydrogens (primary N) is 1. The predicted octanol–water partition coefficient (Wildman–Crippen LogP) is 1.51. The van der Waals surface area contributed by atoms with E-state index in [-0.39, 0.29) is 0 Å². The van der Waals surface area contributed by atoms with Crippen LogP contribution in [0.5, 0.6) is 0 Å². The number of benzene rings is 1. The topological polar surface area (TPSA) is 46.2 Å². The summed E-state index contributed by atoms with van der Waals surface area (Å²) in [6, 6.07) is 5.73. The molecular formula is C10H14ClNO. The van der Waals surface area contributed by atoms with Crippen molar-refractivity contribution in [1.29, 1.82) is 0 Å². The summed E-state index contributed by atoms with van der Waals surface area (Å²) in [7, 11) is 0. The molecule has 0 saturated carbocycles. The maximum atomic E-state index is 9.31. The van der Waals surface area contributed by atoms with Crippen LogP contribution < -0.4 is 5.73 Å². The van der Waals surface area contributed by atoms with Crippen LogP contribution in [-0.4, -0.2) is 17.8 Å². The summed E-state index contributed by atoms with van der Waals surface area (Å²) in [5, 5.41) is 10.1. The summed E-state index contributed by atoms with van der Waals surface area (Å²) in [5.74, 6) is 0. The maximum Gasteiger partial charge on any atom is 0.0702 e. The van der Waals surface area contributed by atoms with Crippen molar-refractivity contribution >= 4 is 11.6 Å². The number of aliphatic hydroxyl groups is 1. The molecule has 0 aliphatic rings. The maximum absolute atomic E-state index is 9.31. The zero-order valence-corrected chi connectivity index (χ0v) is 8.38. The van der Waals surface area contributed by atoms with Gasteiger partial charge in [-0.3, -0.25) is 0 Å². The first kappa shape index (κ1) is 10.5. The van der Waals surface area contributed by atoms with Gasteiger partial charge in [0.1, 0.15) is 0 Å². The summed E-state index contributed by atoms with van der Waals surface area (Å²) in [6.07, 6.45) is 0.134. The fourth-order valence-corrected chi connectivity index (χ4v) is 1.31. The smallest absolute Gasteiger partial charge is 0.0702 e. The van der Waals surface area contributed by atoms with Crippen molar-refractivity contribution in [2.45, 2.75) is 19.4 Å². The summed E-state index contributed by atoms with van der Waals surface area (Å²) in [6.45, 7) is 2.24. The van der Waals surface area contributed by atoms with Crippen LogP contribution in [0.3, 0.4) is 0 Å². The Bertz CT molecular complexity index is 288. The lowest BCUT2D eigenvalue weighted by molar-refractivity contribution is 0.183. The molecule has 0 bridgehead atoms. The van der Waals surface area contributed by atoms with E-state index in [9.17, 15) is 5.11 Å². The van der Waals surface area contributed by atoms with Gasteiger partial charge < -0.3 is 10.8 Å². The molecule has 2 nitrogen and oxygen atoms in total. The van der Waals surface area contributed by atoms with Gasteiger partial charge in [-0.1, -0.05) is 23.7 Å². The standard InChI is InChI=1S/C10H14ClNO/c1-7-4-8(2-3-10(7)11)5-9(13)6-12/h2-4,9,13H,5-6,12H2,1H3. The Hall–Kier alpha value is -0.570. The van der Waals surface area contributed by atoms with Crippen LogP contribution in [0.1, 0.15) is 11.1 Å². The second-order valence-electron chi connectivity index (χ2n) is 3.18. The van der Waals surface area contributed by atoms with Crippen LogP contribution in [0.25, 0.3) is 0 Å². The van der Waals surface area contributed by atoms with Gasteiger partial charge in [-0.05, 0) is 30.5 Å². The Balaban J connectivity index is 2.73. The lowest BCUT2D eigenvalue weighted by Gasteiger charge is -2.08. The second-order valence-corrected chi connectivity index (χ2v) is 3.58. The number of halogens is 1. The first-order valence-electron chi connectivity index (χ1n) is 4.26. The fraction of sp³-hybridized carbons (Fsp3) is 0.400. The monoisotopic (exact) mass is 199 g/mol. The van der Waals surface area contributed by atoms with E-state index in [4.69, 9.17) is 17.3 Å². The molecule has 72 valence electrons. The number of hydrogen-bond donors (Lipinski definition) is 2. The zero-order valence-electron chi connectivity index (χ0n) is 7.63. The number of aliphatic hydroxyl groups excluding tert-OH is 1. The normalized spacial score (nSPS) is 12.9. The molecule has 1 aromatic carbocycles. The molecule has 0 aliphatic heterocycles. The molecule has 0 aliphatic carbocycles. The highest BCUT2D eigenvalue weighted by atomic mass is 35.5. The molecule has 0 radical (unpaired) electrons. The molecule has 1 aromatic rings. The molecule has 0 spiro atoms. The van der Waals surface area contributed by atoms with Crippen molar-refractivity contribution < 1.29 is 5.11 Å². The van der Waals surface area contributed by atoms with Crippen molar-refractivity contribution in [2.75, 3.05) is 6.54 Å².